The summed E-state index contributed by atoms with van der Waals surface area (Å²) in [6.07, 6.45) is -0.646. The van der Waals surface area contributed by atoms with Crippen LogP contribution in [-0.4, -0.2) is 12.2 Å². The number of hydrogen-bond donors (Lipinski definition) is 1. The van der Waals surface area contributed by atoms with Crippen LogP contribution in [0.5, 0.6) is 11.5 Å². The molecule has 0 unspecified atom stereocenters. The van der Waals surface area contributed by atoms with Gasteiger partial charge in [0.25, 0.3) is 0 Å². The highest BCUT2D eigenvalue weighted by Crippen LogP contribution is 2.30. The Kier molecular flexibility index (Phi) is 5.51. The molecule has 0 heterocycles. The Balaban J connectivity index is 2.20. The Hall–Kier alpha value is -1.23. The summed E-state index contributed by atoms with van der Waals surface area (Å²) >= 11 is 9.44. The molecular formula is C16H16BrClO3. The summed E-state index contributed by atoms with van der Waals surface area (Å²) in [5.41, 5.74) is 1.63. The minimum atomic E-state index is -0.646. The van der Waals surface area contributed by atoms with E-state index in [-0.39, 0.29) is 0 Å². The standard InChI is InChI=1S/C16H16BrClO3/c1-10(19)14-8-12(18)3-6-16(14)21-9-11-7-13(20-2)4-5-15(11)17/h3-8,10,19H,9H2,1-2H3/t10-/m0/s1. The van der Waals surface area contributed by atoms with Gasteiger partial charge in [0, 0.05) is 20.6 Å². The summed E-state index contributed by atoms with van der Waals surface area (Å²) in [4.78, 5) is 0. The number of hydrogen-bond acceptors (Lipinski definition) is 3. The van der Waals surface area contributed by atoms with E-state index in [0.29, 0.717) is 22.9 Å². The van der Waals surface area contributed by atoms with Gasteiger partial charge in [-0.1, -0.05) is 27.5 Å². The van der Waals surface area contributed by atoms with Crippen molar-refractivity contribution >= 4 is 27.5 Å². The molecule has 0 aromatic heterocycles. The molecule has 0 aliphatic rings. The van der Waals surface area contributed by atoms with E-state index in [1.165, 1.54) is 0 Å². The lowest BCUT2D eigenvalue weighted by Crippen LogP contribution is -2.02. The summed E-state index contributed by atoms with van der Waals surface area (Å²) < 4.78 is 12.0. The highest BCUT2D eigenvalue weighted by Gasteiger charge is 2.11. The molecule has 0 amide bonds. The predicted octanol–water partition coefficient (Wildman–Crippen LogP) is 4.74. The van der Waals surface area contributed by atoms with E-state index in [1.54, 1.807) is 32.2 Å². The van der Waals surface area contributed by atoms with Crippen LogP contribution in [0.4, 0.5) is 0 Å². The second-order valence-electron chi connectivity index (χ2n) is 4.60. The zero-order valence-corrected chi connectivity index (χ0v) is 14.1. The molecule has 1 atom stereocenters. The first-order valence-electron chi connectivity index (χ1n) is 6.44. The van der Waals surface area contributed by atoms with Gasteiger partial charge < -0.3 is 14.6 Å². The molecule has 21 heavy (non-hydrogen) atoms. The van der Waals surface area contributed by atoms with Crippen LogP contribution in [0, 0.1) is 0 Å². The lowest BCUT2D eigenvalue weighted by atomic mass is 10.1. The quantitative estimate of drug-likeness (QED) is 0.825. The Morgan fingerprint density at radius 3 is 2.67 bits per heavy atom. The van der Waals surface area contributed by atoms with Crippen molar-refractivity contribution in [3.05, 3.63) is 57.0 Å². The Morgan fingerprint density at radius 1 is 1.24 bits per heavy atom. The molecule has 2 rings (SSSR count). The molecule has 1 N–H and O–H groups in total. The van der Waals surface area contributed by atoms with Gasteiger partial charge in [0.1, 0.15) is 18.1 Å². The van der Waals surface area contributed by atoms with Crippen LogP contribution in [0.25, 0.3) is 0 Å². The minimum Gasteiger partial charge on any atom is -0.497 e. The molecule has 2 aromatic rings. The first kappa shape index (κ1) is 16.1. The van der Waals surface area contributed by atoms with Crippen LogP contribution in [-0.2, 0) is 6.61 Å². The van der Waals surface area contributed by atoms with E-state index in [4.69, 9.17) is 21.1 Å². The molecule has 0 aliphatic carbocycles. The van der Waals surface area contributed by atoms with Gasteiger partial charge in [0.15, 0.2) is 0 Å². The van der Waals surface area contributed by atoms with Crippen molar-refractivity contribution < 1.29 is 14.6 Å². The fraction of sp³-hybridized carbons (Fsp3) is 0.250. The van der Waals surface area contributed by atoms with Crippen molar-refractivity contribution in [1.82, 2.24) is 0 Å². The van der Waals surface area contributed by atoms with Crippen molar-refractivity contribution in [3.8, 4) is 11.5 Å². The average molecular weight is 372 g/mol. The van der Waals surface area contributed by atoms with Crippen molar-refractivity contribution in [2.24, 2.45) is 0 Å². The van der Waals surface area contributed by atoms with Crippen LogP contribution in [0.1, 0.15) is 24.2 Å². The number of aliphatic hydroxyl groups is 1. The number of rotatable bonds is 5. The summed E-state index contributed by atoms with van der Waals surface area (Å²) in [5.74, 6) is 1.38. The van der Waals surface area contributed by atoms with E-state index in [1.807, 2.05) is 18.2 Å². The lowest BCUT2D eigenvalue weighted by Gasteiger charge is -2.15. The zero-order chi connectivity index (χ0) is 15.4. The maximum absolute atomic E-state index is 9.80. The van der Waals surface area contributed by atoms with Crippen LogP contribution >= 0.6 is 27.5 Å². The highest BCUT2D eigenvalue weighted by molar-refractivity contribution is 9.10. The largest absolute Gasteiger partial charge is 0.497 e. The number of halogens is 2. The third-order valence-corrected chi connectivity index (χ3v) is 4.07. The molecule has 0 aliphatic heterocycles. The van der Waals surface area contributed by atoms with Gasteiger partial charge in [0.05, 0.1) is 13.2 Å². The third kappa shape index (κ3) is 4.13. The molecule has 3 nitrogen and oxygen atoms in total. The highest BCUT2D eigenvalue weighted by atomic mass is 79.9. The summed E-state index contributed by atoms with van der Waals surface area (Å²) in [6.45, 7) is 2.04. The monoisotopic (exact) mass is 370 g/mol. The topological polar surface area (TPSA) is 38.7 Å². The SMILES string of the molecule is COc1ccc(Br)c(COc2ccc(Cl)cc2[C@H](C)O)c1. The van der Waals surface area contributed by atoms with Crippen molar-refractivity contribution in [2.45, 2.75) is 19.6 Å². The minimum absolute atomic E-state index is 0.360. The van der Waals surface area contributed by atoms with Gasteiger partial charge in [-0.2, -0.15) is 0 Å². The van der Waals surface area contributed by atoms with E-state index in [0.717, 1.165) is 15.8 Å². The van der Waals surface area contributed by atoms with Crippen LogP contribution in [0.3, 0.4) is 0 Å². The average Bonchev–Trinajstić information content (AvgIpc) is 2.47. The molecule has 0 saturated heterocycles. The van der Waals surface area contributed by atoms with E-state index in [9.17, 15) is 5.11 Å². The third-order valence-electron chi connectivity index (χ3n) is 3.06. The Morgan fingerprint density at radius 2 is 2.00 bits per heavy atom. The van der Waals surface area contributed by atoms with Gasteiger partial charge in [-0.05, 0) is 43.3 Å². The number of ether oxygens (including phenoxy) is 2. The smallest absolute Gasteiger partial charge is 0.125 e. The van der Waals surface area contributed by atoms with Gasteiger partial charge in [-0.15, -0.1) is 0 Å². The maximum Gasteiger partial charge on any atom is 0.125 e. The molecule has 0 radical (unpaired) electrons. The van der Waals surface area contributed by atoms with E-state index >= 15 is 0 Å². The van der Waals surface area contributed by atoms with Crippen LogP contribution < -0.4 is 9.47 Å². The van der Waals surface area contributed by atoms with Gasteiger partial charge in [-0.3, -0.25) is 0 Å². The maximum atomic E-state index is 9.80. The molecule has 0 saturated carbocycles. The number of benzene rings is 2. The second-order valence-corrected chi connectivity index (χ2v) is 5.89. The Bertz CT molecular complexity index is 629. The molecule has 2 aromatic carbocycles. The normalized spacial score (nSPS) is 12.0. The summed E-state index contributed by atoms with van der Waals surface area (Å²) in [7, 11) is 1.62. The van der Waals surface area contributed by atoms with Crippen LogP contribution in [0.15, 0.2) is 40.9 Å². The molecule has 5 heteroatoms. The number of aliphatic hydroxyl groups excluding tert-OH is 1. The van der Waals surface area contributed by atoms with E-state index < -0.39 is 6.10 Å². The Labute approximate surface area is 137 Å². The van der Waals surface area contributed by atoms with Gasteiger partial charge in [0.2, 0.25) is 0 Å². The summed E-state index contributed by atoms with van der Waals surface area (Å²) in [5, 5.41) is 10.4. The van der Waals surface area contributed by atoms with Crippen molar-refractivity contribution in [2.75, 3.05) is 7.11 Å². The number of methoxy groups -OCH3 is 1. The van der Waals surface area contributed by atoms with Crippen LogP contribution in [0.2, 0.25) is 5.02 Å². The molecule has 0 fully saturated rings. The predicted molar refractivity (Wildman–Crippen MR) is 87.1 cm³/mol. The van der Waals surface area contributed by atoms with Gasteiger partial charge in [-0.25, -0.2) is 0 Å². The van der Waals surface area contributed by atoms with Crippen molar-refractivity contribution in [1.29, 1.82) is 0 Å². The first-order chi connectivity index (χ1) is 10.0. The van der Waals surface area contributed by atoms with Crippen molar-refractivity contribution in [3.63, 3.8) is 0 Å². The molecule has 0 bridgehead atoms. The fourth-order valence-corrected chi connectivity index (χ4v) is 2.46. The molecule has 112 valence electrons. The zero-order valence-electron chi connectivity index (χ0n) is 11.8. The summed E-state index contributed by atoms with van der Waals surface area (Å²) in [6, 6.07) is 10.9. The van der Waals surface area contributed by atoms with Gasteiger partial charge >= 0.3 is 0 Å². The van der Waals surface area contributed by atoms with E-state index in [2.05, 4.69) is 15.9 Å². The fourth-order valence-electron chi connectivity index (χ4n) is 1.92. The lowest BCUT2D eigenvalue weighted by molar-refractivity contribution is 0.190. The first-order valence-corrected chi connectivity index (χ1v) is 7.61. The second kappa shape index (κ2) is 7.16. The molecular weight excluding hydrogens is 356 g/mol. The molecule has 0 spiro atoms.